The lowest BCUT2D eigenvalue weighted by Crippen LogP contribution is -2.27. The third-order valence-electron chi connectivity index (χ3n) is 2.73. The maximum atomic E-state index is 13.4. The summed E-state index contributed by atoms with van der Waals surface area (Å²) in [5.74, 6) is -1.61. The molecule has 5 heteroatoms. The minimum atomic E-state index is -1.15. The Kier molecular flexibility index (Phi) is 3.64. The van der Waals surface area contributed by atoms with Gasteiger partial charge in [0.2, 0.25) is 0 Å². The molecule has 0 aliphatic carbocycles. The Morgan fingerprint density at radius 2 is 2.00 bits per heavy atom. The van der Waals surface area contributed by atoms with Crippen molar-refractivity contribution in [3.05, 3.63) is 59.1 Å². The first kappa shape index (κ1) is 13.3. The van der Waals surface area contributed by atoms with Gasteiger partial charge in [-0.2, -0.15) is 0 Å². The Morgan fingerprint density at radius 3 is 2.63 bits per heavy atom. The predicted molar refractivity (Wildman–Crippen MR) is 65.7 cm³/mol. The lowest BCUT2D eigenvalue weighted by atomic mass is 10.1. The van der Waals surface area contributed by atoms with Crippen LogP contribution in [0.15, 0.2) is 34.7 Å². The Labute approximate surface area is 109 Å². The molecule has 1 heterocycles. The van der Waals surface area contributed by atoms with E-state index < -0.39 is 23.6 Å². The summed E-state index contributed by atoms with van der Waals surface area (Å²) in [4.78, 5) is 11.8. The average Bonchev–Trinajstić information content (AvgIpc) is 2.79. The second-order valence-corrected chi connectivity index (χ2v) is 4.24. The molecule has 1 amide bonds. The standard InChI is InChI=1S/C14H13F2NO2/c1-8-6-7-12(19-8)9(2)17-14(18)10-4-3-5-11(15)13(10)16/h3-7,9H,1-2H3,(H,17,18). The van der Waals surface area contributed by atoms with Gasteiger partial charge in [0.05, 0.1) is 11.6 Å². The highest BCUT2D eigenvalue weighted by Crippen LogP contribution is 2.17. The van der Waals surface area contributed by atoms with Crippen molar-refractivity contribution in [2.24, 2.45) is 0 Å². The molecule has 19 heavy (non-hydrogen) atoms. The van der Waals surface area contributed by atoms with Crippen molar-refractivity contribution in [2.45, 2.75) is 19.9 Å². The van der Waals surface area contributed by atoms with E-state index in [1.54, 1.807) is 26.0 Å². The number of amides is 1. The quantitative estimate of drug-likeness (QED) is 0.924. The van der Waals surface area contributed by atoms with E-state index in [1.165, 1.54) is 12.1 Å². The van der Waals surface area contributed by atoms with Gasteiger partial charge in [-0.15, -0.1) is 0 Å². The zero-order valence-corrected chi connectivity index (χ0v) is 10.5. The van der Waals surface area contributed by atoms with Crippen LogP contribution in [0.25, 0.3) is 0 Å². The molecule has 0 aliphatic heterocycles. The van der Waals surface area contributed by atoms with Crippen LogP contribution in [0, 0.1) is 18.6 Å². The molecule has 2 rings (SSSR count). The van der Waals surface area contributed by atoms with Gasteiger partial charge in [0.1, 0.15) is 11.5 Å². The number of hydrogen-bond acceptors (Lipinski definition) is 2. The van der Waals surface area contributed by atoms with E-state index in [0.29, 0.717) is 11.5 Å². The van der Waals surface area contributed by atoms with E-state index >= 15 is 0 Å². The average molecular weight is 265 g/mol. The van der Waals surface area contributed by atoms with Crippen LogP contribution < -0.4 is 5.32 Å². The highest BCUT2D eigenvalue weighted by Gasteiger charge is 2.18. The molecule has 2 aromatic rings. The Hall–Kier alpha value is -2.17. The molecule has 0 saturated carbocycles. The number of aryl methyl sites for hydroxylation is 1. The number of carbonyl (C=O) groups is 1. The zero-order valence-electron chi connectivity index (χ0n) is 10.5. The van der Waals surface area contributed by atoms with Gasteiger partial charge in [0.15, 0.2) is 11.6 Å². The van der Waals surface area contributed by atoms with Crippen molar-refractivity contribution >= 4 is 5.91 Å². The van der Waals surface area contributed by atoms with E-state index in [9.17, 15) is 13.6 Å². The minimum Gasteiger partial charge on any atom is -0.464 e. The summed E-state index contributed by atoms with van der Waals surface area (Å²) in [7, 11) is 0. The number of benzene rings is 1. The second kappa shape index (κ2) is 5.22. The van der Waals surface area contributed by atoms with Crippen LogP contribution in [-0.2, 0) is 0 Å². The molecular weight excluding hydrogens is 252 g/mol. The van der Waals surface area contributed by atoms with Crippen molar-refractivity contribution in [3.63, 3.8) is 0 Å². The Bertz CT molecular complexity index is 607. The zero-order chi connectivity index (χ0) is 14.0. The van der Waals surface area contributed by atoms with Gasteiger partial charge in [0.25, 0.3) is 5.91 Å². The van der Waals surface area contributed by atoms with Crippen LogP contribution in [-0.4, -0.2) is 5.91 Å². The highest BCUT2D eigenvalue weighted by atomic mass is 19.2. The first-order valence-corrected chi connectivity index (χ1v) is 5.80. The maximum Gasteiger partial charge on any atom is 0.254 e. The third kappa shape index (κ3) is 2.81. The van der Waals surface area contributed by atoms with Gasteiger partial charge in [-0.05, 0) is 38.1 Å². The fraction of sp³-hybridized carbons (Fsp3) is 0.214. The Balaban J connectivity index is 2.15. The predicted octanol–water partition coefficient (Wildman–Crippen LogP) is 3.36. The molecule has 1 atom stereocenters. The normalized spacial score (nSPS) is 12.2. The summed E-state index contributed by atoms with van der Waals surface area (Å²) in [5, 5.41) is 2.55. The molecule has 1 N–H and O–H groups in total. The smallest absolute Gasteiger partial charge is 0.254 e. The van der Waals surface area contributed by atoms with Crippen LogP contribution >= 0.6 is 0 Å². The summed E-state index contributed by atoms with van der Waals surface area (Å²) in [6.45, 7) is 3.48. The van der Waals surface area contributed by atoms with Crippen LogP contribution in [0.3, 0.4) is 0 Å². The molecule has 3 nitrogen and oxygen atoms in total. The van der Waals surface area contributed by atoms with Crippen molar-refractivity contribution in [3.8, 4) is 0 Å². The second-order valence-electron chi connectivity index (χ2n) is 4.24. The van der Waals surface area contributed by atoms with Crippen molar-refractivity contribution in [2.75, 3.05) is 0 Å². The van der Waals surface area contributed by atoms with E-state index in [1.807, 2.05) is 0 Å². The minimum absolute atomic E-state index is 0.324. The van der Waals surface area contributed by atoms with Crippen LogP contribution in [0.1, 0.15) is 34.8 Å². The van der Waals surface area contributed by atoms with Crippen molar-refractivity contribution in [1.29, 1.82) is 0 Å². The third-order valence-corrected chi connectivity index (χ3v) is 2.73. The van der Waals surface area contributed by atoms with Gasteiger partial charge in [-0.3, -0.25) is 4.79 Å². The molecule has 100 valence electrons. The largest absolute Gasteiger partial charge is 0.464 e. The molecule has 1 unspecified atom stereocenters. The van der Waals surface area contributed by atoms with Crippen LogP contribution in [0.2, 0.25) is 0 Å². The van der Waals surface area contributed by atoms with E-state index in [-0.39, 0.29) is 5.56 Å². The van der Waals surface area contributed by atoms with Gasteiger partial charge in [-0.25, -0.2) is 8.78 Å². The fourth-order valence-corrected chi connectivity index (χ4v) is 1.71. The molecule has 0 radical (unpaired) electrons. The van der Waals surface area contributed by atoms with E-state index in [2.05, 4.69) is 5.32 Å². The molecule has 0 bridgehead atoms. The maximum absolute atomic E-state index is 13.4. The van der Waals surface area contributed by atoms with Crippen LogP contribution in [0.4, 0.5) is 8.78 Å². The number of halogens is 2. The molecular formula is C14H13F2NO2. The lowest BCUT2D eigenvalue weighted by Gasteiger charge is -2.12. The van der Waals surface area contributed by atoms with Gasteiger partial charge in [0, 0.05) is 0 Å². The Morgan fingerprint density at radius 1 is 1.26 bits per heavy atom. The van der Waals surface area contributed by atoms with E-state index in [4.69, 9.17) is 4.42 Å². The summed E-state index contributed by atoms with van der Waals surface area (Å²) in [5.41, 5.74) is -0.324. The topological polar surface area (TPSA) is 42.2 Å². The number of furan rings is 1. The number of nitrogens with one attached hydrogen (secondary N) is 1. The molecule has 0 aliphatic rings. The number of hydrogen-bond donors (Lipinski definition) is 1. The monoisotopic (exact) mass is 265 g/mol. The van der Waals surface area contributed by atoms with Gasteiger partial charge < -0.3 is 9.73 Å². The fourth-order valence-electron chi connectivity index (χ4n) is 1.71. The number of rotatable bonds is 3. The van der Waals surface area contributed by atoms with Gasteiger partial charge >= 0.3 is 0 Å². The summed E-state index contributed by atoms with van der Waals surface area (Å²) >= 11 is 0. The van der Waals surface area contributed by atoms with Crippen molar-refractivity contribution < 1.29 is 18.0 Å². The SMILES string of the molecule is Cc1ccc(C(C)NC(=O)c2cccc(F)c2F)o1. The highest BCUT2D eigenvalue weighted by molar-refractivity contribution is 5.94. The summed E-state index contributed by atoms with van der Waals surface area (Å²) < 4.78 is 31.8. The molecule has 0 saturated heterocycles. The van der Waals surface area contributed by atoms with Crippen molar-refractivity contribution in [1.82, 2.24) is 5.32 Å². The molecule has 1 aromatic carbocycles. The lowest BCUT2D eigenvalue weighted by molar-refractivity contribution is 0.0930. The van der Waals surface area contributed by atoms with E-state index in [0.717, 1.165) is 6.07 Å². The van der Waals surface area contributed by atoms with Gasteiger partial charge in [-0.1, -0.05) is 6.07 Å². The molecule has 1 aromatic heterocycles. The molecule has 0 spiro atoms. The summed E-state index contributed by atoms with van der Waals surface area (Å²) in [6.07, 6.45) is 0. The van der Waals surface area contributed by atoms with Crippen LogP contribution in [0.5, 0.6) is 0 Å². The summed E-state index contributed by atoms with van der Waals surface area (Å²) in [6, 6.07) is 6.54. The molecule has 0 fully saturated rings. The number of carbonyl (C=O) groups excluding carboxylic acids is 1. The first-order chi connectivity index (χ1) is 8.99. The first-order valence-electron chi connectivity index (χ1n) is 5.80.